The van der Waals surface area contributed by atoms with E-state index in [2.05, 4.69) is 50.2 Å². The normalized spacial score (nSPS) is 28.2. The molecule has 3 aliphatic carbocycles. The number of aromatic nitrogens is 1. The van der Waals surface area contributed by atoms with Crippen molar-refractivity contribution >= 4 is 19.1 Å². The van der Waals surface area contributed by atoms with Crippen molar-refractivity contribution in [1.82, 2.24) is 15.6 Å². The van der Waals surface area contributed by atoms with Gasteiger partial charge in [-0.05, 0) is 67.9 Å². The molecule has 1 aliphatic heterocycles. The molecule has 2 amide bonds. The van der Waals surface area contributed by atoms with Crippen LogP contribution in [0.5, 0.6) is 5.75 Å². The van der Waals surface area contributed by atoms with Crippen LogP contribution in [0.15, 0.2) is 48.8 Å². The highest BCUT2D eigenvalue weighted by atomic mass is 16.7. The maximum absolute atomic E-state index is 13.5. The van der Waals surface area contributed by atoms with Crippen LogP contribution in [0.1, 0.15) is 60.8 Å². The van der Waals surface area contributed by atoms with Crippen LogP contribution in [0.2, 0.25) is 0 Å². The summed E-state index contributed by atoms with van der Waals surface area (Å²) in [6, 6.07) is 10.0. The first-order valence-electron chi connectivity index (χ1n) is 14.7. The number of hydrogen-bond acceptors (Lipinski definition) is 7. The first kappa shape index (κ1) is 29.5. The summed E-state index contributed by atoms with van der Waals surface area (Å²) in [5.74, 6) is 0.503. The molecule has 2 bridgehead atoms. The summed E-state index contributed by atoms with van der Waals surface area (Å²) >= 11 is 0. The molecule has 1 aromatic carbocycles. The molecule has 0 unspecified atom stereocenters. The molecule has 220 valence electrons. The Morgan fingerprint density at radius 3 is 2.49 bits per heavy atom. The van der Waals surface area contributed by atoms with Crippen LogP contribution < -0.4 is 15.4 Å². The van der Waals surface area contributed by atoms with E-state index in [1.165, 1.54) is 13.1 Å². The third kappa shape index (κ3) is 5.87. The van der Waals surface area contributed by atoms with Crippen molar-refractivity contribution in [2.75, 3.05) is 0 Å². The Bertz CT molecular complexity index is 1260. The van der Waals surface area contributed by atoms with E-state index in [0.29, 0.717) is 18.3 Å². The molecule has 4 fully saturated rings. The van der Waals surface area contributed by atoms with E-state index in [0.717, 1.165) is 24.0 Å². The summed E-state index contributed by atoms with van der Waals surface area (Å²) in [5.41, 5.74) is 1.51. The maximum Gasteiger partial charge on any atom is 0.481 e. The van der Waals surface area contributed by atoms with Gasteiger partial charge in [-0.25, -0.2) is 4.79 Å². The van der Waals surface area contributed by atoms with Gasteiger partial charge in [0.2, 0.25) is 5.91 Å². The minimum Gasteiger partial charge on any atom is -0.409 e. The number of nitrogens with one attached hydrogen (secondary N) is 2. The standard InChI is InChI=1S/C31H42BN3O6/c1-18(2)12-26(32-40-25-15-22-14-24(30(22,4)5)31(25,6)41-32)34-28(37)27(19(3)36)35-29(38)39-23-13-21(16-33-17-23)20-10-8-7-9-11-20/h7-11,13,16-19,22,24-27,36H,12,14-15H2,1-6H3,(H,34,37)(H,35,38)/t19-,22+,24+,25-,26+,27+,31+/m1/s1. The summed E-state index contributed by atoms with van der Waals surface area (Å²) in [7, 11) is -0.611. The van der Waals surface area contributed by atoms with Crippen molar-refractivity contribution in [3.8, 4) is 16.9 Å². The van der Waals surface area contributed by atoms with Gasteiger partial charge >= 0.3 is 13.2 Å². The van der Waals surface area contributed by atoms with Gasteiger partial charge in [0, 0.05) is 11.8 Å². The largest absolute Gasteiger partial charge is 0.481 e. The fourth-order valence-corrected chi connectivity index (χ4v) is 7.02. The first-order chi connectivity index (χ1) is 19.4. The minimum absolute atomic E-state index is 0.0169. The quantitative estimate of drug-likeness (QED) is 0.388. The van der Waals surface area contributed by atoms with Gasteiger partial charge in [-0.15, -0.1) is 0 Å². The molecule has 2 aromatic rings. The first-order valence-corrected chi connectivity index (χ1v) is 14.7. The monoisotopic (exact) mass is 563 g/mol. The molecule has 1 aromatic heterocycles. The number of carbonyl (C=O) groups is 2. The molecule has 6 rings (SSSR count). The second-order valence-corrected chi connectivity index (χ2v) is 13.1. The van der Waals surface area contributed by atoms with Crippen molar-refractivity contribution in [1.29, 1.82) is 0 Å². The topological polar surface area (TPSA) is 119 Å². The summed E-state index contributed by atoms with van der Waals surface area (Å²) in [4.78, 5) is 30.4. The van der Waals surface area contributed by atoms with E-state index in [9.17, 15) is 14.7 Å². The fraction of sp³-hybridized carbons (Fsp3) is 0.581. The number of carbonyl (C=O) groups excluding carboxylic acids is 2. The van der Waals surface area contributed by atoms with Gasteiger partial charge < -0.3 is 29.8 Å². The molecule has 2 heterocycles. The Hall–Kier alpha value is -2.95. The molecule has 10 heteroatoms. The van der Waals surface area contributed by atoms with E-state index in [-0.39, 0.29) is 23.2 Å². The second kappa shape index (κ2) is 11.4. The van der Waals surface area contributed by atoms with Crippen LogP contribution in [-0.2, 0) is 14.1 Å². The lowest BCUT2D eigenvalue weighted by molar-refractivity contribution is -0.199. The molecule has 41 heavy (non-hydrogen) atoms. The lowest BCUT2D eigenvalue weighted by Crippen LogP contribution is -2.65. The summed E-state index contributed by atoms with van der Waals surface area (Å²) in [5, 5.41) is 16.0. The average molecular weight is 564 g/mol. The molecule has 0 spiro atoms. The van der Waals surface area contributed by atoms with Crippen LogP contribution in [0.4, 0.5) is 4.79 Å². The number of pyridine rings is 1. The third-order valence-corrected chi connectivity index (χ3v) is 9.42. The highest BCUT2D eigenvalue weighted by Crippen LogP contribution is 2.65. The predicted octanol–water partition coefficient (Wildman–Crippen LogP) is 4.38. The Morgan fingerprint density at radius 2 is 1.83 bits per heavy atom. The van der Waals surface area contributed by atoms with Crippen LogP contribution >= 0.6 is 0 Å². The van der Waals surface area contributed by atoms with Crippen molar-refractivity contribution in [2.24, 2.45) is 23.2 Å². The number of aliphatic hydroxyl groups excluding tert-OH is 1. The predicted molar refractivity (Wildman–Crippen MR) is 156 cm³/mol. The number of aliphatic hydroxyl groups is 1. The fourth-order valence-electron chi connectivity index (χ4n) is 7.02. The van der Waals surface area contributed by atoms with Crippen LogP contribution in [0.3, 0.4) is 0 Å². The van der Waals surface area contributed by atoms with Gasteiger partial charge in [0.05, 0.1) is 29.9 Å². The highest BCUT2D eigenvalue weighted by Gasteiger charge is 2.68. The van der Waals surface area contributed by atoms with E-state index in [4.69, 9.17) is 14.0 Å². The SMILES string of the molecule is CC(C)C[C@H](NC(=O)[C@@H](NC(=O)Oc1cncc(-c2ccccc2)c1)[C@@H](C)O)B1O[C@@H]2C[C@@H]3C[C@@H](C3(C)C)[C@]2(C)O1. The number of rotatable bonds is 9. The van der Waals surface area contributed by atoms with Gasteiger partial charge in [0.25, 0.3) is 0 Å². The number of amides is 2. The van der Waals surface area contributed by atoms with Crippen LogP contribution in [-0.4, -0.2) is 59.0 Å². The molecule has 7 atom stereocenters. The van der Waals surface area contributed by atoms with Crippen LogP contribution in [0.25, 0.3) is 11.1 Å². The molecule has 9 nitrogen and oxygen atoms in total. The highest BCUT2D eigenvalue weighted by molar-refractivity contribution is 6.48. The molecule has 1 saturated heterocycles. The summed E-state index contributed by atoms with van der Waals surface area (Å²) < 4.78 is 18.5. The van der Waals surface area contributed by atoms with Gasteiger partial charge in [-0.2, -0.15) is 0 Å². The number of nitrogens with zero attached hydrogens (tertiary/aromatic N) is 1. The van der Waals surface area contributed by atoms with E-state index < -0.39 is 42.8 Å². The zero-order valence-electron chi connectivity index (χ0n) is 24.8. The van der Waals surface area contributed by atoms with Gasteiger partial charge in [-0.1, -0.05) is 58.0 Å². The lowest BCUT2D eigenvalue weighted by atomic mass is 9.43. The van der Waals surface area contributed by atoms with Gasteiger partial charge in [-0.3, -0.25) is 9.78 Å². The molecule has 0 radical (unpaired) electrons. The molecular formula is C31H42BN3O6. The summed E-state index contributed by atoms with van der Waals surface area (Å²) in [6.45, 7) is 12.4. The summed E-state index contributed by atoms with van der Waals surface area (Å²) in [6.07, 6.45) is 3.74. The molecule has 3 saturated carbocycles. The van der Waals surface area contributed by atoms with Crippen molar-refractivity contribution < 1.29 is 28.7 Å². The van der Waals surface area contributed by atoms with Gasteiger partial charge in [0.1, 0.15) is 6.04 Å². The zero-order chi connectivity index (χ0) is 29.5. The van der Waals surface area contributed by atoms with E-state index in [1.54, 1.807) is 12.3 Å². The Kier molecular flexibility index (Phi) is 8.20. The second-order valence-electron chi connectivity index (χ2n) is 13.1. The zero-order valence-corrected chi connectivity index (χ0v) is 24.8. The molecule has 3 N–H and O–H groups in total. The smallest absolute Gasteiger partial charge is 0.409 e. The minimum atomic E-state index is -1.24. The van der Waals surface area contributed by atoms with E-state index in [1.807, 2.05) is 30.3 Å². The van der Waals surface area contributed by atoms with Crippen molar-refractivity contribution in [3.05, 3.63) is 48.8 Å². The Balaban J connectivity index is 1.25. The Labute approximate surface area is 242 Å². The van der Waals surface area contributed by atoms with Gasteiger partial charge in [0.15, 0.2) is 5.75 Å². The maximum atomic E-state index is 13.5. The number of hydrogen-bond donors (Lipinski definition) is 3. The number of benzene rings is 1. The lowest BCUT2D eigenvalue weighted by Gasteiger charge is -2.64. The average Bonchev–Trinajstić information content (AvgIpc) is 3.28. The van der Waals surface area contributed by atoms with E-state index >= 15 is 0 Å². The van der Waals surface area contributed by atoms with Crippen molar-refractivity contribution in [2.45, 2.75) is 90.6 Å². The molecular weight excluding hydrogens is 521 g/mol. The third-order valence-electron chi connectivity index (χ3n) is 9.42. The van der Waals surface area contributed by atoms with Crippen LogP contribution in [0, 0.1) is 23.2 Å². The Morgan fingerprint density at radius 1 is 1.10 bits per heavy atom. The number of ether oxygens (including phenoxy) is 1. The van der Waals surface area contributed by atoms with Crippen molar-refractivity contribution in [3.63, 3.8) is 0 Å². The molecule has 4 aliphatic rings.